The van der Waals surface area contributed by atoms with Gasteiger partial charge in [-0.05, 0) is 25.1 Å². The Hall–Kier alpha value is -1.39. The van der Waals surface area contributed by atoms with E-state index < -0.39 is 0 Å². The average Bonchev–Trinajstić information content (AvgIpc) is 2.38. The molecule has 2 aromatic carbocycles. The Morgan fingerprint density at radius 3 is 2.68 bits per heavy atom. The van der Waals surface area contributed by atoms with Crippen LogP contribution in [0.25, 0.3) is 0 Å². The van der Waals surface area contributed by atoms with Gasteiger partial charge in [0, 0.05) is 21.6 Å². The molecule has 2 N–H and O–H groups in total. The maximum Gasteiger partial charge on any atom is 0.130 e. The highest BCUT2D eigenvalue weighted by molar-refractivity contribution is 9.10. The molecule has 0 saturated carbocycles. The van der Waals surface area contributed by atoms with Crippen molar-refractivity contribution >= 4 is 15.9 Å². The van der Waals surface area contributed by atoms with Gasteiger partial charge in [0.1, 0.15) is 18.2 Å². The first-order chi connectivity index (χ1) is 9.08. The van der Waals surface area contributed by atoms with E-state index >= 15 is 0 Å². The van der Waals surface area contributed by atoms with Crippen LogP contribution in [0.15, 0.2) is 46.9 Å². The van der Waals surface area contributed by atoms with Crippen molar-refractivity contribution in [2.75, 3.05) is 0 Å². The Balaban J connectivity index is 2.14. The molecule has 2 nitrogen and oxygen atoms in total. The minimum atomic E-state index is -0.285. The summed E-state index contributed by atoms with van der Waals surface area (Å²) in [6.45, 7) is 2.07. The van der Waals surface area contributed by atoms with E-state index in [0.29, 0.717) is 15.8 Å². The Kier molecular flexibility index (Phi) is 4.56. The number of para-hydroxylation sites is 1. The molecule has 0 spiro atoms. The lowest BCUT2D eigenvalue weighted by Gasteiger charge is -2.14. The highest BCUT2D eigenvalue weighted by Crippen LogP contribution is 2.25. The van der Waals surface area contributed by atoms with Gasteiger partial charge in [0.2, 0.25) is 0 Å². The van der Waals surface area contributed by atoms with Gasteiger partial charge in [0.25, 0.3) is 0 Å². The van der Waals surface area contributed by atoms with Gasteiger partial charge in [-0.25, -0.2) is 4.39 Å². The third kappa shape index (κ3) is 3.55. The van der Waals surface area contributed by atoms with E-state index in [4.69, 9.17) is 10.5 Å². The fourth-order valence-corrected chi connectivity index (χ4v) is 2.12. The predicted octanol–water partition coefficient (Wildman–Crippen LogP) is 4.19. The summed E-state index contributed by atoms with van der Waals surface area (Å²) >= 11 is 3.23. The summed E-state index contributed by atoms with van der Waals surface area (Å²) in [5.74, 6) is 0.410. The Labute approximate surface area is 120 Å². The van der Waals surface area contributed by atoms with Crippen LogP contribution in [-0.2, 0) is 6.61 Å². The molecule has 0 saturated heterocycles. The molecule has 1 atom stereocenters. The fraction of sp³-hybridized carbons (Fsp3) is 0.200. The lowest BCUT2D eigenvalue weighted by Crippen LogP contribution is -2.08. The molecular formula is C15H15BrFNO. The van der Waals surface area contributed by atoms with Gasteiger partial charge in [0.05, 0.1) is 0 Å². The van der Waals surface area contributed by atoms with Gasteiger partial charge in [0.15, 0.2) is 0 Å². The van der Waals surface area contributed by atoms with E-state index in [1.165, 1.54) is 6.07 Å². The molecule has 2 aromatic rings. The number of hydrogen-bond acceptors (Lipinski definition) is 2. The standard InChI is InChI=1S/C15H15BrFNO/c1-10(18)13-4-2-3-5-15(13)19-9-11-6-7-12(16)8-14(11)17/h2-8,10H,9,18H2,1H3/t10-/m0/s1. The molecule has 0 aliphatic heterocycles. The predicted molar refractivity (Wildman–Crippen MR) is 77.5 cm³/mol. The highest BCUT2D eigenvalue weighted by Gasteiger charge is 2.09. The molecule has 0 heterocycles. The molecule has 0 radical (unpaired) electrons. The van der Waals surface area contributed by atoms with E-state index in [2.05, 4.69) is 15.9 Å². The Morgan fingerprint density at radius 1 is 1.26 bits per heavy atom. The van der Waals surface area contributed by atoms with Crippen molar-refractivity contribution < 1.29 is 9.13 Å². The smallest absolute Gasteiger partial charge is 0.130 e. The second kappa shape index (κ2) is 6.17. The van der Waals surface area contributed by atoms with Gasteiger partial charge in [-0.3, -0.25) is 0 Å². The van der Waals surface area contributed by atoms with Crippen LogP contribution in [0.3, 0.4) is 0 Å². The minimum absolute atomic E-state index is 0.119. The van der Waals surface area contributed by atoms with Crippen LogP contribution in [0, 0.1) is 5.82 Å². The summed E-state index contributed by atoms with van der Waals surface area (Å²) in [5.41, 5.74) is 7.31. The van der Waals surface area contributed by atoms with Crippen molar-refractivity contribution in [1.29, 1.82) is 0 Å². The first-order valence-corrected chi connectivity index (χ1v) is 6.78. The summed E-state index contributed by atoms with van der Waals surface area (Å²) in [6.07, 6.45) is 0. The molecule has 0 aromatic heterocycles. The first kappa shape index (κ1) is 14.0. The van der Waals surface area contributed by atoms with E-state index in [1.807, 2.05) is 31.2 Å². The van der Waals surface area contributed by atoms with E-state index in [1.54, 1.807) is 12.1 Å². The van der Waals surface area contributed by atoms with Crippen LogP contribution in [0.1, 0.15) is 24.1 Å². The lowest BCUT2D eigenvalue weighted by molar-refractivity contribution is 0.295. The van der Waals surface area contributed by atoms with Crippen LogP contribution < -0.4 is 10.5 Å². The zero-order chi connectivity index (χ0) is 13.8. The highest BCUT2D eigenvalue weighted by atomic mass is 79.9. The van der Waals surface area contributed by atoms with E-state index in [9.17, 15) is 4.39 Å². The maximum absolute atomic E-state index is 13.7. The molecule has 0 aliphatic carbocycles. The zero-order valence-corrected chi connectivity index (χ0v) is 12.2. The van der Waals surface area contributed by atoms with Crippen LogP contribution in [0.5, 0.6) is 5.75 Å². The van der Waals surface area contributed by atoms with Gasteiger partial charge >= 0.3 is 0 Å². The number of ether oxygens (including phenoxy) is 1. The van der Waals surface area contributed by atoms with Gasteiger partial charge in [-0.2, -0.15) is 0 Å². The Bertz CT molecular complexity index is 572. The molecule has 0 bridgehead atoms. The molecule has 0 amide bonds. The number of nitrogens with two attached hydrogens (primary N) is 1. The molecule has 0 aliphatic rings. The Morgan fingerprint density at radius 2 is 2.00 bits per heavy atom. The monoisotopic (exact) mass is 323 g/mol. The van der Waals surface area contributed by atoms with Crippen molar-refractivity contribution in [2.24, 2.45) is 5.73 Å². The summed E-state index contributed by atoms with van der Waals surface area (Å²) in [4.78, 5) is 0. The maximum atomic E-state index is 13.7. The topological polar surface area (TPSA) is 35.2 Å². The number of hydrogen-bond donors (Lipinski definition) is 1. The molecule has 2 rings (SSSR count). The second-order valence-electron chi connectivity index (χ2n) is 4.35. The average molecular weight is 324 g/mol. The van der Waals surface area contributed by atoms with Crippen molar-refractivity contribution in [2.45, 2.75) is 19.6 Å². The quantitative estimate of drug-likeness (QED) is 0.915. The normalized spacial score (nSPS) is 12.2. The molecule has 0 unspecified atom stereocenters. The van der Waals surface area contributed by atoms with E-state index in [0.717, 1.165) is 5.56 Å². The first-order valence-electron chi connectivity index (χ1n) is 5.99. The van der Waals surface area contributed by atoms with Crippen molar-refractivity contribution in [1.82, 2.24) is 0 Å². The molecule has 19 heavy (non-hydrogen) atoms. The second-order valence-corrected chi connectivity index (χ2v) is 5.27. The SMILES string of the molecule is C[C@H](N)c1ccccc1OCc1ccc(Br)cc1F. The third-order valence-corrected chi connectivity index (χ3v) is 3.30. The van der Waals surface area contributed by atoms with Crippen molar-refractivity contribution in [3.05, 3.63) is 63.9 Å². The molecule has 0 fully saturated rings. The number of halogens is 2. The van der Waals surface area contributed by atoms with Gasteiger partial charge < -0.3 is 10.5 Å². The van der Waals surface area contributed by atoms with Crippen molar-refractivity contribution in [3.8, 4) is 5.75 Å². The van der Waals surface area contributed by atoms with Crippen molar-refractivity contribution in [3.63, 3.8) is 0 Å². The van der Waals surface area contributed by atoms with E-state index in [-0.39, 0.29) is 18.5 Å². The van der Waals surface area contributed by atoms with Crippen LogP contribution in [-0.4, -0.2) is 0 Å². The van der Waals surface area contributed by atoms with Crippen LogP contribution in [0.2, 0.25) is 0 Å². The van der Waals surface area contributed by atoms with Gasteiger partial charge in [-0.1, -0.05) is 40.2 Å². The van der Waals surface area contributed by atoms with Gasteiger partial charge in [-0.15, -0.1) is 0 Å². The number of benzene rings is 2. The zero-order valence-electron chi connectivity index (χ0n) is 10.6. The largest absolute Gasteiger partial charge is 0.488 e. The van der Waals surface area contributed by atoms with Crippen LogP contribution >= 0.6 is 15.9 Å². The summed E-state index contributed by atoms with van der Waals surface area (Å²) in [6, 6.07) is 12.3. The number of rotatable bonds is 4. The van der Waals surface area contributed by atoms with Crippen LogP contribution in [0.4, 0.5) is 4.39 Å². The third-order valence-electron chi connectivity index (χ3n) is 2.81. The summed E-state index contributed by atoms with van der Waals surface area (Å²) in [5, 5.41) is 0. The molecule has 100 valence electrons. The summed E-state index contributed by atoms with van der Waals surface area (Å²) in [7, 11) is 0. The fourth-order valence-electron chi connectivity index (χ4n) is 1.78. The lowest BCUT2D eigenvalue weighted by atomic mass is 10.1. The molecular weight excluding hydrogens is 309 g/mol. The molecule has 4 heteroatoms. The summed E-state index contributed by atoms with van der Waals surface area (Å²) < 4.78 is 20.1. The minimum Gasteiger partial charge on any atom is -0.488 e.